The van der Waals surface area contributed by atoms with Gasteiger partial charge in [0.1, 0.15) is 5.82 Å². The minimum absolute atomic E-state index is 0.0457. The number of phosphoric acid groups is 2. The van der Waals surface area contributed by atoms with E-state index in [1.54, 1.807) is 6.07 Å². The number of anilines is 1. The molecule has 10 nitrogen and oxygen atoms in total. The Morgan fingerprint density at radius 2 is 1.67 bits per heavy atom. The standard InChI is InChI=1S/C6H10N2O8P2/c9-17(10,11)15-6(16-18(12,13)14)8-5-3-1-2-4-7-5/h1-4,6H,(H,7,8)(H2,9,10,11)(H2,12,13,14). The monoisotopic (exact) mass is 300 g/mol. The van der Waals surface area contributed by atoms with Crippen LogP contribution in [0.1, 0.15) is 0 Å². The second-order valence-corrected chi connectivity index (χ2v) is 5.27. The van der Waals surface area contributed by atoms with Gasteiger partial charge in [-0.1, -0.05) is 6.07 Å². The summed E-state index contributed by atoms with van der Waals surface area (Å²) in [7, 11) is -10.0. The molecule has 0 amide bonds. The van der Waals surface area contributed by atoms with Gasteiger partial charge in [-0.05, 0) is 12.1 Å². The third-order valence-corrected chi connectivity index (χ3v) is 2.33. The van der Waals surface area contributed by atoms with Gasteiger partial charge in [-0.2, -0.15) is 0 Å². The molecule has 12 heteroatoms. The van der Waals surface area contributed by atoms with Crippen LogP contribution in [0.2, 0.25) is 0 Å². The van der Waals surface area contributed by atoms with Crippen molar-refractivity contribution < 1.29 is 37.8 Å². The molecule has 5 N–H and O–H groups in total. The first-order valence-electron chi connectivity index (χ1n) is 4.31. The summed E-state index contributed by atoms with van der Waals surface area (Å²) in [6.45, 7) is 0. The van der Waals surface area contributed by atoms with Gasteiger partial charge in [0, 0.05) is 6.20 Å². The van der Waals surface area contributed by atoms with Crippen LogP contribution < -0.4 is 5.32 Å². The second kappa shape index (κ2) is 5.87. The van der Waals surface area contributed by atoms with Crippen LogP contribution in [0.5, 0.6) is 0 Å². The zero-order chi connectivity index (χ0) is 13.8. The number of nitrogens with one attached hydrogen (secondary N) is 1. The van der Waals surface area contributed by atoms with Crippen LogP contribution in [0.15, 0.2) is 24.4 Å². The lowest BCUT2D eigenvalue weighted by Gasteiger charge is -2.20. The van der Waals surface area contributed by atoms with E-state index in [0.717, 1.165) is 0 Å². The van der Waals surface area contributed by atoms with Gasteiger partial charge < -0.3 is 24.9 Å². The van der Waals surface area contributed by atoms with Crippen molar-refractivity contribution in [2.45, 2.75) is 6.41 Å². The highest BCUT2D eigenvalue weighted by Crippen LogP contribution is 2.44. The van der Waals surface area contributed by atoms with Crippen LogP contribution >= 0.6 is 15.6 Å². The number of hydrogen-bond acceptors (Lipinski definition) is 6. The largest absolute Gasteiger partial charge is 0.473 e. The fraction of sp³-hybridized carbons (Fsp3) is 0.167. The Balaban J connectivity index is 2.78. The first-order valence-corrected chi connectivity index (χ1v) is 7.37. The van der Waals surface area contributed by atoms with E-state index in [4.69, 9.17) is 19.6 Å². The number of rotatable bonds is 6. The van der Waals surface area contributed by atoms with Crippen LogP contribution in [-0.2, 0) is 18.2 Å². The van der Waals surface area contributed by atoms with E-state index < -0.39 is 22.1 Å². The molecule has 0 aliphatic heterocycles. The maximum absolute atomic E-state index is 10.6. The molecule has 0 saturated heterocycles. The van der Waals surface area contributed by atoms with Gasteiger partial charge in [-0.25, -0.2) is 23.2 Å². The van der Waals surface area contributed by atoms with E-state index in [1.807, 2.05) is 0 Å². The number of pyridine rings is 1. The Labute approximate surface area is 101 Å². The smallest absolute Gasteiger partial charge is 0.321 e. The summed E-state index contributed by atoms with van der Waals surface area (Å²) < 4.78 is 29.2. The SMILES string of the molecule is O=P(O)(O)OC(Nc1ccccn1)OP(=O)(O)O. The number of aromatic nitrogens is 1. The third kappa shape index (κ3) is 6.80. The van der Waals surface area contributed by atoms with Crippen LogP contribution in [0.4, 0.5) is 5.82 Å². The van der Waals surface area contributed by atoms with Gasteiger partial charge in [0.05, 0.1) is 0 Å². The molecule has 1 aromatic rings. The van der Waals surface area contributed by atoms with Crippen molar-refractivity contribution in [2.24, 2.45) is 0 Å². The normalized spacial score (nSPS) is 12.7. The summed E-state index contributed by atoms with van der Waals surface area (Å²) in [4.78, 5) is 37.9. The molecule has 0 unspecified atom stereocenters. The zero-order valence-electron chi connectivity index (χ0n) is 8.65. The quantitative estimate of drug-likeness (QED) is 0.357. The molecule has 0 aliphatic carbocycles. The van der Waals surface area contributed by atoms with E-state index >= 15 is 0 Å². The lowest BCUT2D eigenvalue weighted by atomic mass is 10.5. The van der Waals surface area contributed by atoms with Gasteiger partial charge in [0.25, 0.3) is 6.41 Å². The highest BCUT2D eigenvalue weighted by molar-refractivity contribution is 7.47. The minimum atomic E-state index is -5.00. The highest BCUT2D eigenvalue weighted by atomic mass is 31.2. The number of phosphoric ester groups is 2. The van der Waals surface area contributed by atoms with Crippen molar-refractivity contribution in [1.82, 2.24) is 4.98 Å². The van der Waals surface area contributed by atoms with Crippen molar-refractivity contribution in [2.75, 3.05) is 5.32 Å². The topological polar surface area (TPSA) is 158 Å². The molecule has 0 aliphatic rings. The molecule has 18 heavy (non-hydrogen) atoms. The molecule has 0 aromatic carbocycles. The van der Waals surface area contributed by atoms with E-state index in [9.17, 15) is 9.13 Å². The lowest BCUT2D eigenvalue weighted by Crippen LogP contribution is -2.25. The predicted molar refractivity (Wildman–Crippen MR) is 57.9 cm³/mol. The van der Waals surface area contributed by atoms with Crippen molar-refractivity contribution in [1.29, 1.82) is 0 Å². The summed E-state index contributed by atoms with van der Waals surface area (Å²) in [5.41, 5.74) is 0. The lowest BCUT2D eigenvalue weighted by molar-refractivity contribution is -0.0128. The van der Waals surface area contributed by atoms with Crippen molar-refractivity contribution in [3.63, 3.8) is 0 Å². The summed E-state index contributed by atoms with van der Waals surface area (Å²) >= 11 is 0. The fourth-order valence-electron chi connectivity index (χ4n) is 0.890. The molecule has 1 heterocycles. The summed E-state index contributed by atoms with van der Waals surface area (Å²) in [6.07, 6.45) is -0.712. The second-order valence-electron chi connectivity index (χ2n) is 2.88. The Morgan fingerprint density at radius 3 is 2.06 bits per heavy atom. The van der Waals surface area contributed by atoms with Gasteiger partial charge in [-0.3, -0.25) is 0 Å². The molecule has 0 radical (unpaired) electrons. The van der Waals surface area contributed by atoms with Crippen LogP contribution in [-0.4, -0.2) is 31.0 Å². The van der Waals surface area contributed by atoms with Gasteiger partial charge in [0.2, 0.25) is 0 Å². The molecular formula is C6H10N2O8P2. The predicted octanol–water partition coefficient (Wildman–Crippen LogP) is -0.00430. The minimum Gasteiger partial charge on any atom is -0.321 e. The molecular weight excluding hydrogens is 290 g/mol. The first kappa shape index (κ1) is 15.2. The molecule has 0 fully saturated rings. The van der Waals surface area contributed by atoms with Crippen molar-refractivity contribution >= 4 is 21.5 Å². The highest BCUT2D eigenvalue weighted by Gasteiger charge is 2.29. The maximum atomic E-state index is 10.6. The molecule has 0 saturated carbocycles. The average molecular weight is 300 g/mol. The van der Waals surface area contributed by atoms with E-state index in [1.165, 1.54) is 18.3 Å². The summed E-state index contributed by atoms with van der Waals surface area (Å²) in [5, 5.41) is 2.15. The fourth-order valence-corrected chi connectivity index (χ4v) is 1.65. The zero-order valence-corrected chi connectivity index (χ0v) is 10.4. The van der Waals surface area contributed by atoms with Crippen LogP contribution in [0, 0.1) is 0 Å². The molecule has 1 aromatic heterocycles. The van der Waals surface area contributed by atoms with E-state index in [2.05, 4.69) is 19.3 Å². The van der Waals surface area contributed by atoms with E-state index in [0.29, 0.717) is 0 Å². The van der Waals surface area contributed by atoms with Crippen LogP contribution in [0.3, 0.4) is 0 Å². The summed E-state index contributed by atoms with van der Waals surface area (Å²) in [6, 6.07) is 4.47. The van der Waals surface area contributed by atoms with Crippen LogP contribution in [0.25, 0.3) is 0 Å². The van der Waals surface area contributed by atoms with E-state index in [-0.39, 0.29) is 5.82 Å². The summed E-state index contributed by atoms with van der Waals surface area (Å²) in [5.74, 6) is 0.0457. The maximum Gasteiger partial charge on any atom is 0.473 e. The van der Waals surface area contributed by atoms with Gasteiger partial charge in [-0.15, -0.1) is 0 Å². The Hall–Kier alpha value is -0.830. The van der Waals surface area contributed by atoms with Gasteiger partial charge >= 0.3 is 15.6 Å². The number of nitrogens with zero attached hydrogens (tertiary/aromatic N) is 1. The molecule has 0 bridgehead atoms. The Morgan fingerprint density at radius 1 is 1.11 bits per heavy atom. The molecule has 102 valence electrons. The third-order valence-electron chi connectivity index (χ3n) is 1.40. The Kier molecular flexibility index (Phi) is 4.97. The Bertz CT molecular complexity index is 446. The molecule has 1 rings (SSSR count). The van der Waals surface area contributed by atoms with Crippen molar-refractivity contribution in [3.05, 3.63) is 24.4 Å². The number of hydrogen-bond donors (Lipinski definition) is 5. The van der Waals surface area contributed by atoms with Crippen molar-refractivity contribution in [3.8, 4) is 0 Å². The molecule has 0 spiro atoms. The molecule has 0 atom stereocenters. The van der Waals surface area contributed by atoms with Gasteiger partial charge in [0.15, 0.2) is 0 Å². The average Bonchev–Trinajstić information content (AvgIpc) is 2.13. The first-order chi connectivity index (χ1) is 8.16.